The van der Waals surface area contributed by atoms with Crippen LogP contribution in [0, 0.1) is 5.82 Å². The summed E-state index contributed by atoms with van der Waals surface area (Å²) in [6.45, 7) is 1.55. The van der Waals surface area contributed by atoms with E-state index in [1.165, 1.54) is 22.0 Å². The van der Waals surface area contributed by atoms with Crippen LogP contribution in [0.1, 0.15) is 10.4 Å². The normalized spacial score (nSPS) is 13.9. The number of halogens is 1. The molecule has 1 N–H and O–H groups in total. The molecule has 1 fully saturated rings. The highest BCUT2D eigenvalue weighted by atomic mass is 19.1. The topological polar surface area (TPSA) is 131 Å². The minimum atomic E-state index is -0.795. The average molecular weight is 486 g/mol. The molecule has 13 heteroatoms. The van der Waals surface area contributed by atoms with Crippen LogP contribution in [0.4, 0.5) is 10.3 Å². The molecule has 0 unspecified atom stereocenters. The van der Waals surface area contributed by atoms with Gasteiger partial charge in [0.15, 0.2) is 11.6 Å². The van der Waals surface area contributed by atoms with Crippen molar-refractivity contribution in [1.82, 2.24) is 44.6 Å². The van der Waals surface area contributed by atoms with Crippen LogP contribution in [0.25, 0.3) is 22.4 Å². The van der Waals surface area contributed by atoms with Gasteiger partial charge in [-0.2, -0.15) is 0 Å². The Bertz CT molecular complexity index is 1550. The molecule has 36 heavy (non-hydrogen) atoms. The number of benzene rings is 1. The number of carbonyl (C=O) groups is 2. The van der Waals surface area contributed by atoms with Crippen LogP contribution in [0.3, 0.4) is 0 Å². The van der Waals surface area contributed by atoms with Crippen molar-refractivity contribution in [3.8, 4) is 11.5 Å². The van der Waals surface area contributed by atoms with Crippen LogP contribution in [-0.2, 0) is 4.79 Å². The molecule has 4 aromatic heterocycles. The van der Waals surface area contributed by atoms with Crippen molar-refractivity contribution in [3.63, 3.8) is 0 Å². The lowest BCUT2D eigenvalue weighted by atomic mass is 10.1. The molecular weight excluding hydrogens is 467 g/mol. The number of aromatic nitrogens is 8. The van der Waals surface area contributed by atoms with Gasteiger partial charge in [0.05, 0.1) is 40.7 Å². The third kappa shape index (κ3) is 3.57. The van der Waals surface area contributed by atoms with E-state index in [0.717, 1.165) is 11.9 Å². The number of carbonyl (C=O) groups excluding carboxylic acids is 2. The van der Waals surface area contributed by atoms with Gasteiger partial charge in [0, 0.05) is 32.4 Å². The van der Waals surface area contributed by atoms with Gasteiger partial charge in [0.25, 0.3) is 11.7 Å². The number of amides is 1. The van der Waals surface area contributed by atoms with Crippen LogP contribution in [0.5, 0.6) is 0 Å². The van der Waals surface area contributed by atoms with Crippen LogP contribution >= 0.6 is 0 Å². The van der Waals surface area contributed by atoms with Crippen molar-refractivity contribution in [2.45, 2.75) is 0 Å². The number of nitrogens with zero attached hydrogens (tertiary/aromatic N) is 9. The number of Topliss-reactive ketones (excluding diaryl/α,β-unsaturated/α-hetero) is 1. The number of fused-ring (bicyclic) bond motifs is 1. The van der Waals surface area contributed by atoms with Crippen LogP contribution in [-0.4, -0.2) is 82.5 Å². The maximum absolute atomic E-state index is 14.7. The Morgan fingerprint density at radius 2 is 1.83 bits per heavy atom. The lowest BCUT2D eigenvalue weighted by molar-refractivity contribution is -0.126. The molecular formula is C23H19FN10O2. The van der Waals surface area contributed by atoms with E-state index in [0.29, 0.717) is 32.1 Å². The van der Waals surface area contributed by atoms with E-state index < -0.39 is 17.5 Å². The fraction of sp³-hybridized carbons (Fsp3) is 0.174. The minimum absolute atomic E-state index is 0.0107. The zero-order valence-corrected chi connectivity index (χ0v) is 18.8. The monoisotopic (exact) mass is 486 g/mol. The molecule has 0 bridgehead atoms. The highest BCUT2D eigenvalue weighted by Crippen LogP contribution is 2.26. The highest BCUT2D eigenvalue weighted by Gasteiger charge is 2.31. The lowest BCUT2D eigenvalue weighted by Crippen LogP contribution is -2.51. The van der Waals surface area contributed by atoms with Gasteiger partial charge in [0.2, 0.25) is 5.95 Å². The van der Waals surface area contributed by atoms with Crippen molar-refractivity contribution >= 4 is 28.5 Å². The Balaban J connectivity index is 1.21. The Kier molecular flexibility index (Phi) is 5.21. The van der Waals surface area contributed by atoms with Gasteiger partial charge in [-0.1, -0.05) is 23.4 Å². The van der Waals surface area contributed by atoms with Gasteiger partial charge in [0.1, 0.15) is 6.33 Å². The molecule has 0 atom stereocenters. The van der Waals surface area contributed by atoms with Crippen LogP contribution in [0.2, 0.25) is 0 Å². The van der Waals surface area contributed by atoms with Crippen molar-refractivity contribution in [2.24, 2.45) is 0 Å². The molecule has 1 amide bonds. The first-order chi connectivity index (χ1) is 17.6. The Labute approximate surface area is 203 Å². The molecule has 1 aliphatic rings. The number of para-hydroxylation sites is 1. The van der Waals surface area contributed by atoms with Crippen LogP contribution in [0.15, 0.2) is 61.4 Å². The van der Waals surface area contributed by atoms with Crippen molar-refractivity contribution in [3.05, 3.63) is 72.8 Å². The van der Waals surface area contributed by atoms with Gasteiger partial charge in [-0.15, -0.1) is 15.3 Å². The standard InChI is InChI=1S/C23H19FN10O2/c24-17-13-26-21(34-7-6-27-30-34)19-18(17)16(12-25-19)20(35)22(36)31-8-10-32(11-9-31)23-29-28-14-33(23)15-4-2-1-3-5-15/h1-7,12-14,25H,8-11H2. The molecule has 0 radical (unpaired) electrons. The quantitative estimate of drug-likeness (QED) is 0.291. The van der Waals surface area contributed by atoms with Crippen molar-refractivity contribution < 1.29 is 14.0 Å². The predicted molar refractivity (Wildman–Crippen MR) is 125 cm³/mol. The second-order valence-electron chi connectivity index (χ2n) is 8.17. The zero-order valence-electron chi connectivity index (χ0n) is 18.8. The molecule has 5 aromatic rings. The van der Waals surface area contributed by atoms with Gasteiger partial charge in [-0.25, -0.2) is 14.1 Å². The molecule has 12 nitrogen and oxygen atoms in total. The first kappa shape index (κ1) is 21.6. The van der Waals surface area contributed by atoms with Gasteiger partial charge in [-0.05, 0) is 12.1 Å². The lowest BCUT2D eigenvalue weighted by Gasteiger charge is -2.34. The van der Waals surface area contributed by atoms with E-state index in [1.807, 2.05) is 39.8 Å². The molecule has 1 aromatic carbocycles. The van der Waals surface area contributed by atoms with Gasteiger partial charge in [-0.3, -0.25) is 14.2 Å². The summed E-state index contributed by atoms with van der Waals surface area (Å²) in [6, 6.07) is 9.70. The smallest absolute Gasteiger partial charge is 0.295 e. The number of ketones is 1. The number of pyridine rings is 1. The van der Waals surface area contributed by atoms with E-state index in [4.69, 9.17) is 0 Å². The predicted octanol–water partition coefficient (Wildman–Crippen LogP) is 1.39. The Morgan fingerprint density at radius 3 is 2.58 bits per heavy atom. The average Bonchev–Trinajstić information content (AvgIpc) is 3.70. The van der Waals surface area contributed by atoms with Crippen molar-refractivity contribution in [1.29, 1.82) is 0 Å². The molecule has 6 rings (SSSR count). The summed E-state index contributed by atoms with van der Waals surface area (Å²) >= 11 is 0. The Hall–Kier alpha value is -4.94. The molecule has 1 aliphatic heterocycles. The maximum Gasteiger partial charge on any atom is 0.295 e. The Morgan fingerprint density at radius 1 is 1.03 bits per heavy atom. The third-order valence-electron chi connectivity index (χ3n) is 6.14. The number of rotatable bonds is 5. The number of hydrogen-bond donors (Lipinski definition) is 1. The minimum Gasteiger partial charge on any atom is -0.357 e. The zero-order chi connectivity index (χ0) is 24.6. The first-order valence-electron chi connectivity index (χ1n) is 11.2. The summed E-state index contributed by atoms with van der Waals surface area (Å²) < 4.78 is 17.9. The fourth-order valence-electron chi connectivity index (χ4n) is 4.35. The van der Waals surface area contributed by atoms with Gasteiger partial charge < -0.3 is 14.8 Å². The summed E-state index contributed by atoms with van der Waals surface area (Å²) in [5.41, 5.74) is 1.12. The van der Waals surface area contributed by atoms with E-state index >= 15 is 0 Å². The third-order valence-corrected chi connectivity index (χ3v) is 6.14. The SMILES string of the molecule is O=C(C(=O)N1CCN(c2nncn2-c2ccccc2)CC1)c1c[nH]c2c(-n3ccnn3)ncc(F)c12. The van der Waals surface area contributed by atoms with E-state index in [1.54, 1.807) is 12.5 Å². The number of H-pyrrole nitrogens is 1. The summed E-state index contributed by atoms with van der Waals surface area (Å²) in [6.07, 6.45) is 6.97. The number of piperazine rings is 1. The number of nitrogens with one attached hydrogen (secondary N) is 1. The number of aromatic amines is 1. The summed E-state index contributed by atoms with van der Waals surface area (Å²) in [5.74, 6) is -1.27. The maximum atomic E-state index is 14.7. The molecule has 180 valence electrons. The largest absolute Gasteiger partial charge is 0.357 e. The molecule has 5 heterocycles. The van der Waals surface area contributed by atoms with E-state index in [2.05, 4.69) is 30.5 Å². The molecule has 1 saturated heterocycles. The second kappa shape index (κ2) is 8.69. The number of hydrogen-bond acceptors (Lipinski definition) is 8. The highest BCUT2D eigenvalue weighted by molar-refractivity contribution is 6.45. The van der Waals surface area contributed by atoms with E-state index in [9.17, 15) is 14.0 Å². The molecule has 0 aliphatic carbocycles. The van der Waals surface area contributed by atoms with Gasteiger partial charge >= 0.3 is 0 Å². The van der Waals surface area contributed by atoms with E-state index in [-0.39, 0.29) is 22.3 Å². The molecule has 0 saturated carbocycles. The van der Waals surface area contributed by atoms with Crippen LogP contribution < -0.4 is 4.90 Å². The van der Waals surface area contributed by atoms with Crippen molar-refractivity contribution in [2.75, 3.05) is 31.1 Å². The second-order valence-corrected chi connectivity index (χ2v) is 8.17. The summed E-state index contributed by atoms with van der Waals surface area (Å²) in [7, 11) is 0. The first-order valence-corrected chi connectivity index (χ1v) is 11.2. The fourth-order valence-corrected chi connectivity index (χ4v) is 4.35. The number of anilines is 1. The summed E-state index contributed by atoms with van der Waals surface area (Å²) in [4.78, 5) is 36.6. The molecule has 0 spiro atoms. The summed E-state index contributed by atoms with van der Waals surface area (Å²) in [5, 5.41) is 15.9.